The van der Waals surface area contributed by atoms with Crippen molar-refractivity contribution in [1.29, 1.82) is 0 Å². The molecule has 1 aliphatic rings. The molecule has 0 fully saturated rings. The second-order valence-electron chi connectivity index (χ2n) is 4.15. The lowest BCUT2D eigenvalue weighted by atomic mass is 10.1. The highest BCUT2D eigenvalue weighted by molar-refractivity contribution is 7.92. The minimum absolute atomic E-state index is 0.173. The van der Waals surface area contributed by atoms with Crippen molar-refractivity contribution in [1.82, 2.24) is 10.2 Å². The van der Waals surface area contributed by atoms with Gasteiger partial charge in [-0.05, 0) is 30.2 Å². The van der Waals surface area contributed by atoms with E-state index in [0.717, 1.165) is 5.56 Å². The first-order valence-electron chi connectivity index (χ1n) is 5.49. The molecule has 0 amide bonds. The van der Waals surface area contributed by atoms with Crippen LogP contribution in [-0.4, -0.2) is 25.2 Å². The maximum atomic E-state index is 12.4. The highest BCUT2D eigenvalue weighted by Crippen LogP contribution is 2.33. The number of fused-ring (bicyclic) bond motifs is 1. The van der Waals surface area contributed by atoms with Crippen LogP contribution in [-0.2, 0) is 16.4 Å². The summed E-state index contributed by atoms with van der Waals surface area (Å²) in [5.74, 6) is 0. The van der Waals surface area contributed by atoms with Gasteiger partial charge < -0.3 is 5.73 Å². The number of hydrogen-bond acceptors (Lipinski definition) is 4. The monoisotopic (exact) mass is 264 g/mol. The molecule has 0 spiro atoms. The Morgan fingerprint density at radius 3 is 2.94 bits per heavy atom. The van der Waals surface area contributed by atoms with Crippen molar-refractivity contribution in [2.24, 2.45) is 0 Å². The molecule has 2 heterocycles. The van der Waals surface area contributed by atoms with Crippen molar-refractivity contribution in [3.8, 4) is 0 Å². The zero-order valence-corrected chi connectivity index (χ0v) is 10.3. The number of aromatic nitrogens is 2. The van der Waals surface area contributed by atoms with Crippen LogP contribution < -0.4 is 10.0 Å². The number of rotatable bonds is 2. The van der Waals surface area contributed by atoms with Gasteiger partial charge in [-0.3, -0.25) is 9.40 Å². The first-order chi connectivity index (χ1) is 8.59. The van der Waals surface area contributed by atoms with Crippen molar-refractivity contribution >= 4 is 21.4 Å². The molecule has 0 saturated heterocycles. The van der Waals surface area contributed by atoms with Crippen molar-refractivity contribution in [2.45, 2.75) is 11.3 Å². The normalized spacial score (nSPS) is 14.8. The zero-order valence-electron chi connectivity index (χ0n) is 9.50. The van der Waals surface area contributed by atoms with Gasteiger partial charge in [0.15, 0.2) is 0 Å². The van der Waals surface area contributed by atoms with Gasteiger partial charge in [-0.15, -0.1) is 0 Å². The van der Waals surface area contributed by atoms with Crippen molar-refractivity contribution < 1.29 is 8.42 Å². The molecule has 0 saturated carbocycles. The number of nitrogen functional groups attached to an aromatic ring is 1. The van der Waals surface area contributed by atoms with E-state index in [-0.39, 0.29) is 4.90 Å². The molecule has 94 valence electrons. The Morgan fingerprint density at radius 1 is 1.39 bits per heavy atom. The maximum absolute atomic E-state index is 12.4. The third-order valence-corrected chi connectivity index (χ3v) is 4.80. The Morgan fingerprint density at radius 2 is 2.22 bits per heavy atom. The fourth-order valence-electron chi connectivity index (χ4n) is 2.15. The average molecular weight is 264 g/mol. The molecule has 18 heavy (non-hydrogen) atoms. The molecule has 3 rings (SSSR count). The van der Waals surface area contributed by atoms with E-state index in [9.17, 15) is 8.42 Å². The van der Waals surface area contributed by atoms with E-state index >= 15 is 0 Å². The molecule has 3 N–H and O–H groups in total. The van der Waals surface area contributed by atoms with Crippen LogP contribution in [0.1, 0.15) is 5.56 Å². The topological polar surface area (TPSA) is 92.1 Å². The van der Waals surface area contributed by atoms with Crippen LogP contribution in [0.4, 0.5) is 11.4 Å². The largest absolute Gasteiger partial charge is 0.399 e. The van der Waals surface area contributed by atoms with Gasteiger partial charge in [0.25, 0.3) is 10.0 Å². The fraction of sp³-hybridized carbons (Fsp3) is 0.182. The predicted octanol–water partition coefficient (Wildman–Crippen LogP) is 0.743. The molecular formula is C11H12N4O2S. The van der Waals surface area contributed by atoms with E-state index in [0.29, 0.717) is 24.3 Å². The lowest BCUT2D eigenvalue weighted by Gasteiger charge is -2.18. The van der Waals surface area contributed by atoms with Gasteiger partial charge in [-0.1, -0.05) is 0 Å². The van der Waals surface area contributed by atoms with Crippen molar-refractivity contribution in [3.05, 3.63) is 36.2 Å². The van der Waals surface area contributed by atoms with Crippen LogP contribution in [0.3, 0.4) is 0 Å². The number of H-pyrrole nitrogens is 1. The maximum Gasteiger partial charge on any atom is 0.267 e. The fourth-order valence-corrected chi connectivity index (χ4v) is 3.56. The molecule has 0 unspecified atom stereocenters. The minimum Gasteiger partial charge on any atom is -0.399 e. The number of nitrogens with one attached hydrogen (secondary N) is 1. The van der Waals surface area contributed by atoms with Gasteiger partial charge in [0, 0.05) is 18.4 Å². The highest BCUT2D eigenvalue weighted by Gasteiger charge is 2.31. The summed E-state index contributed by atoms with van der Waals surface area (Å²) >= 11 is 0. The molecule has 1 aromatic heterocycles. The number of hydrogen-bond donors (Lipinski definition) is 2. The molecule has 2 aromatic rings. The molecule has 0 aliphatic carbocycles. The Kier molecular flexibility index (Phi) is 2.30. The number of nitrogens with zero attached hydrogens (tertiary/aromatic N) is 2. The zero-order chi connectivity index (χ0) is 12.8. The first-order valence-corrected chi connectivity index (χ1v) is 6.93. The Balaban J connectivity index is 2.08. The summed E-state index contributed by atoms with van der Waals surface area (Å²) in [5, 5.41) is 6.20. The minimum atomic E-state index is -3.52. The Labute approximate surface area is 104 Å². The van der Waals surface area contributed by atoms with Crippen LogP contribution in [0.25, 0.3) is 0 Å². The second-order valence-corrected chi connectivity index (χ2v) is 6.01. The second kappa shape index (κ2) is 3.74. The van der Waals surface area contributed by atoms with Crippen molar-refractivity contribution in [3.63, 3.8) is 0 Å². The number of sulfonamides is 1. The average Bonchev–Trinajstić information content (AvgIpc) is 2.97. The smallest absolute Gasteiger partial charge is 0.267 e. The van der Waals surface area contributed by atoms with E-state index in [1.165, 1.54) is 16.7 Å². The summed E-state index contributed by atoms with van der Waals surface area (Å²) in [6, 6.07) is 5.28. The molecule has 0 radical (unpaired) electrons. The van der Waals surface area contributed by atoms with E-state index in [4.69, 9.17) is 5.73 Å². The highest BCUT2D eigenvalue weighted by atomic mass is 32.2. The van der Waals surface area contributed by atoms with Crippen molar-refractivity contribution in [2.75, 3.05) is 16.6 Å². The van der Waals surface area contributed by atoms with Gasteiger partial charge >= 0.3 is 0 Å². The molecule has 0 atom stereocenters. The van der Waals surface area contributed by atoms with Crippen LogP contribution in [0.15, 0.2) is 35.5 Å². The summed E-state index contributed by atoms with van der Waals surface area (Å²) in [4.78, 5) is 0.173. The molecule has 1 aromatic carbocycles. The van der Waals surface area contributed by atoms with E-state index in [2.05, 4.69) is 10.2 Å². The third kappa shape index (κ3) is 1.55. The summed E-state index contributed by atoms with van der Waals surface area (Å²) in [6.45, 7) is 0.437. The molecule has 7 heteroatoms. The van der Waals surface area contributed by atoms with Gasteiger partial charge in [0.2, 0.25) is 0 Å². The number of nitrogens with two attached hydrogens (primary N) is 1. The quantitative estimate of drug-likeness (QED) is 0.783. The van der Waals surface area contributed by atoms with Gasteiger partial charge in [-0.25, -0.2) is 8.42 Å². The van der Waals surface area contributed by atoms with Gasteiger partial charge in [0.05, 0.1) is 11.9 Å². The number of anilines is 2. The SMILES string of the molecule is Nc1ccc2c(c1)CCN2S(=O)(=O)c1cn[nH]c1. The van der Waals surface area contributed by atoms with Crippen LogP contribution in [0.2, 0.25) is 0 Å². The Hall–Kier alpha value is -2.02. The van der Waals surface area contributed by atoms with E-state index in [1.54, 1.807) is 12.1 Å². The van der Waals surface area contributed by atoms with Gasteiger partial charge in [-0.2, -0.15) is 5.10 Å². The van der Waals surface area contributed by atoms with Crippen LogP contribution in [0, 0.1) is 0 Å². The van der Waals surface area contributed by atoms with E-state index in [1.807, 2.05) is 6.07 Å². The predicted molar refractivity (Wildman–Crippen MR) is 67.7 cm³/mol. The molecule has 1 aliphatic heterocycles. The lowest BCUT2D eigenvalue weighted by Crippen LogP contribution is -2.28. The standard InChI is InChI=1S/C11H12N4O2S/c12-9-1-2-11-8(5-9)3-4-15(11)18(16,17)10-6-13-14-7-10/h1-2,5-7H,3-4,12H2,(H,13,14). The molecule has 0 bridgehead atoms. The summed E-state index contributed by atoms with van der Waals surface area (Å²) in [5.41, 5.74) is 8.01. The number of benzene rings is 1. The summed E-state index contributed by atoms with van der Waals surface area (Å²) in [7, 11) is -3.52. The third-order valence-electron chi connectivity index (χ3n) is 3.02. The Bertz CT molecular complexity index is 679. The van der Waals surface area contributed by atoms with Crippen LogP contribution in [0.5, 0.6) is 0 Å². The molecule has 6 nitrogen and oxygen atoms in total. The van der Waals surface area contributed by atoms with Gasteiger partial charge in [0.1, 0.15) is 4.90 Å². The lowest BCUT2D eigenvalue weighted by molar-refractivity contribution is 0.592. The molecular weight excluding hydrogens is 252 g/mol. The number of aromatic amines is 1. The summed E-state index contributed by atoms with van der Waals surface area (Å²) < 4.78 is 26.2. The first kappa shape index (κ1) is 11.1. The van der Waals surface area contributed by atoms with E-state index < -0.39 is 10.0 Å². The summed E-state index contributed by atoms with van der Waals surface area (Å²) in [6.07, 6.45) is 3.37. The van der Waals surface area contributed by atoms with Crippen LogP contribution >= 0.6 is 0 Å².